The van der Waals surface area contributed by atoms with Gasteiger partial charge in [-0.05, 0) is 18.2 Å². The van der Waals surface area contributed by atoms with Gasteiger partial charge in [-0.15, -0.1) is 0 Å². The number of methoxy groups -OCH3 is 2. The summed E-state index contributed by atoms with van der Waals surface area (Å²) in [6.45, 7) is 0. The van der Waals surface area contributed by atoms with E-state index in [1.165, 1.54) is 6.33 Å². The summed E-state index contributed by atoms with van der Waals surface area (Å²) in [5.41, 5.74) is 1.53. The molecular formula is C12H11ClN2O2. The lowest BCUT2D eigenvalue weighted by Gasteiger charge is -2.09. The summed E-state index contributed by atoms with van der Waals surface area (Å²) in [6.07, 6.45) is 3.01. The summed E-state index contributed by atoms with van der Waals surface area (Å²) in [6, 6.07) is 5.51. The normalized spacial score (nSPS) is 10.1. The van der Waals surface area contributed by atoms with Crippen LogP contribution < -0.4 is 9.47 Å². The minimum Gasteiger partial charge on any atom is -0.493 e. The molecule has 88 valence electrons. The monoisotopic (exact) mass is 250 g/mol. The fraction of sp³-hybridized carbons (Fsp3) is 0.167. The molecule has 0 amide bonds. The summed E-state index contributed by atoms with van der Waals surface area (Å²) in [4.78, 5) is 7.99. The van der Waals surface area contributed by atoms with Crippen LogP contribution in [0.25, 0.3) is 11.3 Å². The lowest BCUT2D eigenvalue weighted by molar-refractivity contribution is 0.355. The summed E-state index contributed by atoms with van der Waals surface area (Å²) in [7, 11) is 3.18. The van der Waals surface area contributed by atoms with Gasteiger partial charge < -0.3 is 9.47 Å². The molecule has 0 atom stereocenters. The van der Waals surface area contributed by atoms with Crippen LogP contribution in [0.4, 0.5) is 0 Å². The van der Waals surface area contributed by atoms with Crippen LogP contribution in [-0.4, -0.2) is 24.2 Å². The van der Waals surface area contributed by atoms with E-state index >= 15 is 0 Å². The first-order valence-electron chi connectivity index (χ1n) is 4.94. The van der Waals surface area contributed by atoms with Gasteiger partial charge in [-0.1, -0.05) is 11.6 Å². The van der Waals surface area contributed by atoms with Crippen molar-refractivity contribution in [3.8, 4) is 22.8 Å². The fourth-order valence-corrected chi connectivity index (χ4v) is 1.72. The van der Waals surface area contributed by atoms with E-state index in [0.717, 1.165) is 5.56 Å². The first-order valence-corrected chi connectivity index (χ1v) is 5.32. The molecule has 0 unspecified atom stereocenters. The Morgan fingerprint density at radius 3 is 2.53 bits per heavy atom. The third kappa shape index (κ3) is 2.31. The zero-order valence-corrected chi connectivity index (χ0v) is 10.2. The molecule has 17 heavy (non-hydrogen) atoms. The molecule has 1 heterocycles. The summed E-state index contributed by atoms with van der Waals surface area (Å²) < 4.78 is 10.4. The molecule has 0 aliphatic carbocycles. The van der Waals surface area contributed by atoms with Gasteiger partial charge in [-0.3, -0.25) is 0 Å². The molecule has 0 saturated carbocycles. The number of hydrogen-bond acceptors (Lipinski definition) is 4. The number of benzene rings is 1. The van der Waals surface area contributed by atoms with Crippen LogP contribution in [0.5, 0.6) is 11.5 Å². The number of aromatic nitrogens is 2. The van der Waals surface area contributed by atoms with Gasteiger partial charge in [0.25, 0.3) is 0 Å². The van der Waals surface area contributed by atoms with E-state index in [1.807, 2.05) is 18.2 Å². The van der Waals surface area contributed by atoms with Crippen molar-refractivity contribution in [1.29, 1.82) is 0 Å². The topological polar surface area (TPSA) is 44.2 Å². The van der Waals surface area contributed by atoms with Crippen molar-refractivity contribution in [1.82, 2.24) is 9.97 Å². The maximum Gasteiger partial charge on any atom is 0.161 e. The van der Waals surface area contributed by atoms with Gasteiger partial charge in [0.05, 0.1) is 24.9 Å². The minimum atomic E-state index is 0.500. The molecule has 5 heteroatoms. The van der Waals surface area contributed by atoms with Crippen molar-refractivity contribution in [2.75, 3.05) is 14.2 Å². The Hall–Kier alpha value is -1.81. The second kappa shape index (κ2) is 5.01. The number of nitrogens with zero attached hydrogens (tertiary/aromatic N) is 2. The van der Waals surface area contributed by atoms with Crippen LogP contribution in [0, 0.1) is 0 Å². The van der Waals surface area contributed by atoms with Crippen LogP contribution in [0.3, 0.4) is 0 Å². The molecule has 0 bridgehead atoms. The highest BCUT2D eigenvalue weighted by Gasteiger charge is 2.09. The first kappa shape index (κ1) is 11.7. The van der Waals surface area contributed by atoms with E-state index in [1.54, 1.807) is 20.4 Å². The van der Waals surface area contributed by atoms with Crippen LogP contribution in [0.2, 0.25) is 5.02 Å². The molecule has 1 aromatic heterocycles. The molecule has 2 rings (SSSR count). The Labute approximate surface area is 104 Å². The van der Waals surface area contributed by atoms with Crippen molar-refractivity contribution in [2.45, 2.75) is 0 Å². The number of halogens is 1. The molecule has 0 aliphatic heterocycles. The Bertz CT molecular complexity index is 532. The molecule has 1 aromatic carbocycles. The average Bonchev–Trinajstić information content (AvgIpc) is 2.38. The van der Waals surface area contributed by atoms with E-state index in [2.05, 4.69) is 9.97 Å². The third-order valence-electron chi connectivity index (χ3n) is 2.32. The quantitative estimate of drug-likeness (QED) is 0.840. The number of hydrogen-bond donors (Lipinski definition) is 0. The van der Waals surface area contributed by atoms with Crippen LogP contribution in [0.1, 0.15) is 0 Å². The maximum absolute atomic E-state index is 6.03. The van der Waals surface area contributed by atoms with Gasteiger partial charge >= 0.3 is 0 Å². The molecule has 0 saturated heterocycles. The highest BCUT2D eigenvalue weighted by Crippen LogP contribution is 2.33. The van der Waals surface area contributed by atoms with Gasteiger partial charge in [0, 0.05) is 11.8 Å². The smallest absolute Gasteiger partial charge is 0.161 e. The van der Waals surface area contributed by atoms with Crippen LogP contribution >= 0.6 is 11.6 Å². The minimum absolute atomic E-state index is 0.500. The van der Waals surface area contributed by atoms with Crippen molar-refractivity contribution in [3.63, 3.8) is 0 Å². The molecular weight excluding hydrogens is 240 g/mol. The lowest BCUT2D eigenvalue weighted by Crippen LogP contribution is -1.92. The van der Waals surface area contributed by atoms with Gasteiger partial charge in [0.1, 0.15) is 6.33 Å². The number of ether oxygens (including phenoxy) is 2. The Morgan fingerprint density at radius 1 is 1.12 bits per heavy atom. The third-order valence-corrected chi connectivity index (χ3v) is 2.60. The van der Waals surface area contributed by atoms with Crippen molar-refractivity contribution < 1.29 is 9.47 Å². The Kier molecular flexibility index (Phi) is 3.44. The van der Waals surface area contributed by atoms with Gasteiger partial charge in [-0.25, -0.2) is 9.97 Å². The molecule has 0 N–H and O–H groups in total. The fourth-order valence-electron chi connectivity index (χ4n) is 1.51. The van der Waals surface area contributed by atoms with Crippen molar-refractivity contribution in [3.05, 3.63) is 35.7 Å². The molecule has 2 aromatic rings. The summed E-state index contributed by atoms with van der Waals surface area (Å²) in [5, 5.41) is 0.500. The predicted octanol–water partition coefficient (Wildman–Crippen LogP) is 2.81. The highest BCUT2D eigenvalue weighted by atomic mass is 35.5. The second-order valence-electron chi connectivity index (χ2n) is 3.29. The highest BCUT2D eigenvalue weighted by molar-refractivity contribution is 6.32. The van der Waals surface area contributed by atoms with Gasteiger partial charge in [0.15, 0.2) is 11.5 Å². The summed E-state index contributed by atoms with van der Waals surface area (Å²) >= 11 is 6.03. The van der Waals surface area contributed by atoms with E-state index in [9.17, 15) is 0 Å². The average molecular weight is 251 g/mol. The largest absolute Gasteiger partial charge is 0.493 e. The van der Waals surface area contributed by atoms with Crippen molar-refractivity contribution >= 4 is 11.6 Å². The molecule has 0 spiro atoms. The standard InChI is InChI=1S/C12H11ClN2O2/c1-16-10-4-3-8(5-11(10)17-2)12-9(13)6-14-7-15-12/h3-7H,1-2H3. The van der Waals surface area contributed by atoms with E-state index in [4.69, 9.17) is 21.1 Å². The maximum atomic E-state index is 6.03. The Balaban J connectivity index is 2.50. The van der Waals surface area contributed by atoms with Crippen molar-refractivity contribution in [2.24, 2.45) is 0 Å². The van der Waals surface area contributed by atoms with E-state index < -0.39 is 0 Å². The number of rotatable bonds is 3. The zero-order chi connectivity index (χ0) is 12.3. The predicted molar refractivity (Wildman–Crippen MR) is 65.6 cm³/mol. The molecule has 0 fully saturated rings. The van der Waals surface area contributed by atoms with Gasteiger partial charge in [-0.2, -0.15) is 0 Å². The first-order chi connectivity index (χ1) is 8.26. The summed E-state index contributed by atoms with van der Waals surface area (Å²) in [5.74, 6) is 1.31. The molecule has 4 nitrogen and oxygen atoms in total. The molecule has 0 aliphatic rings. The van der Waals surface area contributed by atoms with E-state index in [-0.39, 0.29) is 0 Å². The Morgan fingerprint density at radius 2 is 1.88 bits per heavy atom. The van der Waals surface area contributed by atoms with Gasteiger partial charge in [0.2, 0.25) is 0 Å². The van der Waals surface area contributed by atoms with E-state index in [0.29, 0.717) is 22.2 Å². The molecule has 0 radical (unpaired) electrons. The SMILES string of the molecule is COc1ccc(-c2ncncc2Cl)cc1OC. The zero-order valence-electron chi connectivity index (χ0n) is 9.48. The second-order valence-corrected chi connectivity index (χ2v) is 3.70. The lowest BCUT2D eigenvalue weighted by atomic mass is 10.1. The van der Waals surface area contributed by atoms with Crippen LogP contribution in [0.15, 0.2) is 30.7 Å². The van der Waals surface area contributed by atoms with Crippen LogP contribution in [-0.2, 0) is 0 Å².